The first kappa shape index (κ1) is 20.1. The van der Waals surface area contributed by atoms with Crippen LogP contribution in [0.3, 0.4) is 0 Å². The van der Waals surface area contributed by atoms with Crippen LogP contribution in [-0.4, -0.2) is 25.0 Å². The molecule has 0 saturated heterocycles. The monoisotopic (exact) mass is 384 g/mol. The molecule has 3 rings (SSSR count). The van der Waals surface area contributed by atoms with Gasteiger partial charge in [0, 0.05) is 18.2 Å². The van der Waals surface area contributed by atoms with Crippen molar-refractivity contribution in [2.75, 3.05) is 14.2 Å². The third kappa shape index (κ3) is 3.97. The number of ether oxygens (including phenoxy) is 1. The molecule has 2 aromatic carbocycles. The number of amides is 1. The van der Waals surface area contributed by atoms with Crippen LogP contribution in [0.4, 0.5) is 0 Å². The van der Waals surface area contributed by atoms with Crippen LogP contribution in [0, 0.1) is 0 Å². The zero-order valence-corrected chi connectivity index (χ0v) is 16.9. The van der Waals surface area contributed by atoms with Gasteiger partial charge in [0.1, 0.15) is 5.69 Å². The smallest absolute Gasteiger partial charge is 0.255 e. The topological polar surface area (TPSA) is 51.2 Å². The molecular weight excluding hydrogens is 360 g/mol. The van der Waals surface area contributed by atoms with Crippen LogP contribution in [0.15, 0.2) is 67.3 Å². The number of nitrogens with one attached hydrogen (secondary N) is 1. The molecule has 0 radical (unpaired) electrons. The lowest BCUT2D eigenvalue weighted by molar-refractivity contribution is 0.0960. The fourth-order valence-corrected chi connectivity index (χ4v) is 3.29. The van der Waals surface area contributed by atoms with Crippen molar-refractivity contribution < 1.29 is 9.53 Å². The highest BCUT2D eigenvalue weighted by atomic mass is 16.5. The molecule has 1 amide bonds. The molecule has 0 fully saturated rings. The van der Waals surface area contributed by atoms with Gasteiger partial charge in [-0.1, -0.05) is 73.3 Å². The fourth-order valence-electron chi connectivity index (χ4n) is 3.29. The summed E-state index contributed by atoms with van der Waals surface area (Å²) in [6.45, 7) is 5.77. The predicted octanol–water partition coefficient (Wildman–Crippen LogP) is 5.46. The van der Waals surface area contributed by atoms with Gasteiger partial charge in [0.25, 0.3) is 5.91 Å². The summed E-state index contributed by atoms with van der Waals surface area (Å²) in [6.07, 6.45) is 5.39. The molecule has 0 aliphatic carbocycles. The highest BCUT2D eigenvalue weighted by molar-refractivity contribution is 6.03. The standard InChI is InChI=1S/C25H24N2O2/c1-5-10-21-20(6-2)22(25(28)26-3)24(29-4)23(27-21)19-15-13-18(14-16-19)17-11-8-7-9-12-17/h5-16H,2H2,1,3-4H3,(H,26,28)/b10-5-. The highest BCUT2D eigenvalue weighted by Crippen LogP contribution is 2.36. The van der Waals surface area contributed by atoms with Crippen LogP contribution >= 0.6 is 0 Å². The summed E-state index contributed by atoms with van der Waals surface area (Å²) >= 11 is 0. The predicted molar refractivity (Wildman–Crippen MR) is 120 cm³/mol. The van der Waals surface area contributed by atoms with Crippen molar-refractivity contribution in [3.63, 3.8) is 0 Å². The molecule has 1 N–H and O–H groups in total. The Bertz CT molecular complexity index is 1050. The second kappa shape index (κ2) is 9.02. The van der Waals surface area contributed by atoms with E-state index in [2.05, 4.69) is 24.0 Å². The largest absolute Gasteiger partial charge is 0.494 e. The molecule has 0 aliphatic heterocycles. The molecule has 1 aromatic heterocycles. The van der Waals surface area contributed by atoms with Crippen molar-refractivity contribution in [3.8, 4) is 28.1 Å². The summed E-state index contributed by atoms with van der Waals surface area (Å²) in [7, 11) is 3.15. The van der Waals surface area contributed by atoms with Gasteiger partial charge >= 0.3 is 0 Å². The Balaban J connectivity index is 2.21. The quantitative estimate of drug-likeness (QED) is 0.614. The van der Waals surface area contributed by atoms with Gasteiger partial charge in [0.15, 0.2) is 5.75 Å². The molecule has 4 heteroatoms. The van der Waals surface area contributed by atoms with E-state index < -0.39 is 0 Å². The van der Waals surface area contributed by atoms with E-state index in [9.17, 15) is 4.79 Å². The number of hydrogen-bond donors (Lipinski definition) is 1. The van der Waals surface area contributed by atoms with Gasteiger partial charge in [-0.2, -0.15) is 0 Å². The Morgan fingerprint density at radius 3 is 2.21 bits per heavy atom. The number of carbonyl (C=O) groups excluding carboxylic acids is 1. The molecule has 0 aliphatic rings. The first-order chi connectivity index (χ1) is 14.1. The Hall–Kier alpha value is -3.66. The van der Waals surface area contributed by atoms with Gasteiger partial charge in [0.2, 0.25) is 0 Å². The van der Waals surface area contributed by atoms with Crippen LogP contribution in [0.5, 0.6) is 5.75 Å². The first-order valence-electron chi connectivity index (χ1n) is 9.39. The van der Waals surface area contributed by atoms with Crippen molar-refractivity contribution in [2.45, 2.75) is 6.92 Å². The van der Waals surface area contributed by atoms with Gasteiger partial charge in [0.05, 0.1) is 18.4 Å². The summed E-state index contributed by atoms with van der Waals surface area (Å²) in [6, 6.07) is 18.2. The summed E-state index contributed by atoms with van der Waals surface area (Å²) < 4.78 is 5.65. The van der Waals surface area contributed by atoms with Gasteiger partial charge in [-0.15, -0.1) is 0 Å². The van der Waals surface area contributed by atoms with Crippen LogP contribution in [-0.2, 0) is 0 Å². The van der Waals surface area contributed by atoms with E-state index in [4.69, 9.17) is 9.72 Å². The van der Waals surface area contributed by atoms with Crippen molar-refractivity contribution in [2.24, 2.45) is 0 Å². The second-order valence-electron chi connectivity index (χ2n) is 6.39. The molecule has 1 heterocycles. The average Bonchev–Trinajstić information content (AvgIpc) is 2.78. The number of allylic oxidation sites excluding steroid dienone is 1. The van der Waals surface area contributed by atoms with Crippen LogP contribution < -0.4 is 10.1 Å². The second-order valence-corrected chi connectivity index (χ2v) is 6.39. The number of nitrogens with zero attached hydrogens (tertiary/aromatic N) is 1. The number of pyridine rings is 1. The molecule has 0 bridgehead atoms. The molecule has 4 nitrogen and oxygen atoms in total. The SMILES string of the molecule is C=Cc1c(/C=C\C)nc(-c2ccc(-c3ccccc3)cc2)c(OC)c1C(=O)NC. The molecule has 0 atom stereocenters. The van der Waals surface area contributed by atoms with Crippen LogP contribution in [0.2, 0.25) is 0 Å². The molecule has 3 aromatic rings. The molecule has 0 spiro atoms. The van der Waals surface area contributed by atoms with Crippen LogP contribution in [0.25, 0.3) is 34.5 Å². The number of rotatable bonds is 6. The zero-order valence-electron chi connectivity index (χ0n) is 16.9. The van der Waals surface area contributed by atoms with E-state index in [1.165, 1.54) is 0 Å². The lowest BCUT2D eigenvalue weighted by Crippen LogP contribution is -2.21. The van der Waals surface area contributed by atoms with Crippen molar-refractivity contribution in [1.82, 2.24) is 10.3 Å². The summed E-state index contributed by atoms with van der Waals surface area (Å²) in [5.41, 5.74) is 5.47. The van der Waals surface area contributed by atoms with E-state index in [0.29, 0.717) is 28.3 Å². The number of methoxy groups -OCH3 is 1. The van der Waals surface area contributed by atoms with E-state index in [1.807, 2.05) is 61.5 Å². The molecule has 0 unspecified atom stereocenters. The number of benzene rings is 2. The summed E-state index contributed by atoms with van der Waals surface area (Å²) in [4.78, 5) is 17.5. The van der Waals surface area contributed by atoms with Crippen molar-refractivity contribution in [3.05, 3.63) is 84.1 Å². The molecule has 146 valence electrons. The average molecular weight is 384 g/mol. The summed E-state index contributed by atoms with van der Waals surface area (Å²) in [5, 5.41) is 2.69. The van der Waals surface area contributed by atoms with Crippen molar-refractivity contribution in [1.29, 1.82) is 0 Å². The highest BCUT2D eigenvalue weighted by Gasteiger charge is 2.23. The molecule has 29 heavy (non-hydrogen) atoms. The lowest BCUT2D eigenvalue weighted by Gasteiger charge is -2.17. The minimum Gasteiger partial charge on any atom is -0.494 e. The van der Waals surface area contributed by atoms with Gasteiger partial charge < -0.3 is 10.1 Å². The maximum absolute atomic E-state index is 12.7. The fraction of sp³-hybridized carbons (Fsp3) is 0.120. The third-order valence-electron chi connectivity index (χ3n) is 4.67. The van der Waals surface area contributed by atoms with E-state index in [0.717, 1.165) is 16.7 Å². The van der Waals surface area contributed by atoms with Crippen LogP contribution in [0.1, 0.15) is 28.5 Å². The Morgan fingerprint density at radius 1 is 1.03 bits per heavy atom. The van der Waals surface area contributed by atoms with E-state index >= 15 is 0 Å². The minimum atomic E-state index is -0.243. The molecule has 0 saturated carbocycles. The molecular formula is C25H24N2O2. The van der Waals surface area contributed by atoms with E-state index in [1.54, 1.807) is 20.2 Å². The number of hydrogen-bond acceptors (Lipinski definition) is 3. The van der Waals surface area contributed by atoms with E-state index in [-0.39, 0.29) is 5.91 Å². The van der Waals surface area contributed by atoms with Gasteiger partial charge in [-0.25, -0.2) is 4.98 Å². The van der Waals surface area contributed by atoms with Gasteiger partial charge in [-0.05, 0) is 24.1 Å². The van der Waals surface area contributed by atoms with Gasteiger partial charge in [-0.3, -0.25) is 4.79 Å². The minimum absolute atomic E-state index is 0.243. The van der Waals surface area contributed by atoms with Crippen molar-refractivity contribution >= 4 is 18.1 Å². The Kier molecular flexibility index (Phi) is 6.25. The first-order valence-corrected chi connectivity index (χ1v) is 9.39. The number of carbonyl (C=O) groups is 1. The maximum Gasteiger partial charge on any atom is 0.255 e. The number of aromatic nitrogens is 1. The Labute approximate surface area is 171 Å². The summed E-state index contributed by atoms with van der Waals surface area (Å²) in [5.74, 6) is 0.187. The lowest BCUT2D eigenvalue weighted by atomic mass is 9.97. The normalized spacial score (nSPS) is 10.7. The third-order valence-corrected chi connectivity index (χ3v) is 4.67. The Morgan fingerprint density at radius 2 is 1.66 bits per heavy atom. The maximum atomic E-state index is 12.7. The zero-order chi connectivity index (χ0) is 20.8.